The Morgan fingerprint density at radius 2 is 1.95 bits per heavy atom. The van der Waals surface area contributed by atoms with Gasteiger partial charge in [-0.2, -0.15) is 5.10 Å². The van der Waals surface area contributed by atoms with E-state index in [1.54, 1.807) is 11.0 Å². The summed E-state index contributed by atoms with van der Waals surface area (Å²) in [4.78, 5) is 25.2. The summed E-state index contributed by atoms with van der Waals surface area (Å²) in [5, 5.41) is 4.15. The summed E-state index contributed by atoms with van der Waals surface area (Å²) in [6.07, 6.45) is -0.781. The monoisotopic (exact) mass is 285 g/mol. The maximum atomic E-state index is 11.9. The molecule has 3 rings (SSSR count). The van der Waals surface area contributed by atoms with Crippen molar-refractivity contribution in [1.82, 2.24) is 9.78 Å². The molecule has 108 valence electrons. The van der Waals surface area contributed by atoms with Crippen LogP contribution in [0.4, 0.5) is 10.5 Å². The number of aromatic nitrogens is 2. The Labute approximate surface area is 121 Å². The van der Waals surface area contributed by atoms with Crippen molar-refractivity contribution in [3.8, 4) is 0 Å². The van der Waals surface area contributed by atoms with E-state index in [1.807, 2.05) is 37.3 Å². The van der Waals surface area contributed by atoms with E-state index < -0.39 is 6.09 Å². The van der Waals surface area contributed by atoms with Crippen LogP contribution in [-0.2, 0) is 11.3 Å². The maximum Gasteiger partial charge on any atom is 0.414 e. The number of anilines is 1. The van der Waals surface area contributed by atoms with Crippen molar-refractivity contribution in [3.05, 3.63) is 58.5 Å². The van der Waals surface area contributed by atoms with Crippen LogP contribution in [0.5, 0.6) is 0 Å². The minimum absolute atomic E-state index is 0.199. The van der Waals surface area contributed by atoms with Crippen molar-refractivity contribution in [2.24, 2.45) is 0 Å². The van der Waals surface area contributed by atoms with Crippen LogP contribution in [0.3, 0.4) is 0 Å². The molecule has 1 amide bonds. The second-order valence-electron chi connectivity index (χ2n) is 4.95. The van der Waals surface area contributed by atoms with E-state index in [2.05, 4.69) is 5.10 Å². The van der Waals surface area contributed by atoms with Crippen molar-refractivity contribution >= 4 is 11.8 Å². The lowest BCUT2D eigenvalue weighted by atomic mass is 10.2. The molecule has 21 heavy (non-hydrogen) atoms. The van der Waals surface area contributed by atoms with Crippen LogP contribution in [0.25, 0.3) is 0 Å². The van der Waals surface area contributed by atoms with Gasteiger partial charge in [-0.3, -0.25) is 9.69 Å². The highest BCUT2D eigenvalue weighted by Gasteiger charge is 2.32. The summed E-state index contributed by atoms with van der Waals surface area (Å²) in [6, 6.07) is 12.4. The van der Waals surface area contributed by atoms with Crippen LogP contribution in [0.15, 0.2) is 47.3 Å². The molecule has 1 atom stereocenters. The van der Waals surface area contributed by atoms with E-state index in [4.69, 9.17) is 4.74 Å². The third-order valence-corrected chi connectivity index (χ3v) is 3.32. The zero-order valence-electron chi connectivity index (χ0n) is 11.6. The van der Waals surface area contributed by atoms with Gasteiger partial charge in [-0.25, -0.2) is 9.48 Å². The summed E-state index contributed by atoms with van der Waals surface area (Å²) in [6.45, 7) is 2.48. The molecule has 6 heteroatoms. The minimum Gasteiger partial charge on any atom is -0.442 e. The van der Waals surface area contributed by atoms with Crippen LogP contribution < -0.4 is 10.5 Å². The molecule has 1 fully saturated rings. The number of hydrogen-bond donors (Lipinski definition) is 0. The van der Waals surface area contributed by atoms with Gasteiger partial charge in [0.05, 0.1) is 18.8 Å². The molecule has 1 saturated heterocycles. The highest BCUT2D eigenvalue weighted by atomic mass is 16.6. The average molecular weight is 285 g/mol. The number of carbonyl (C=O) groups is 1. The third-order valence-electron chi connectivity index (χ3n) is 3.32. The van der Waals surface area contributed by atoms with Crippen LogP contribution in [-0.4, -0.2) is 28.5 Å². The number of cyclic esters (lactones) is 1. The van der Waals surface area contributed by atoms with Gasteiger partial charge in [0, 0.05) is 11.8 Å². The number of nitrogens with zero attached hydrogens (tertiary/aromatic N) is 3. The molecule has 6 nitrogen and oxygen atoms in total. The Morgan fingerprint density at radius 3 is 2.71 bits per heavy atom. The van der Waals surface area contributed by atoms with Gasteiger partial charge in [0.25, 0.3) is 5.56 Å². The minimum atomic E-state index is -0.396. The van der Waals surface area contributed by atoms with Crippen LogP contribution in [0.2, 0.25) is 0 Å². The van der Waals surface area contributed by atoms with Gasteiger partial charge >= 0.3 is 6.09 Å². The first kappa shape index (κ1) is 13.4. The molecular weight excluding hydrogens is 270 g/mol. The fraction of sp³-hybridized carbons (Fsp3) is 0.267. The van der Waals surface area contributed by atoms with Gasteiger partial charge in [0.15, 0.2) is 0 Å². The fourth-order valence-corrected chi connectivity index (χ4v) is 2.31. The predicted molar refractivity (Wildman–Crippen MR) is 77.3 cm³/mol. The Balaban J connectivity index is 1.76. The molecule has 2 heterocycles. The molecule has 0 N–H and O–H groups in total. The van der Waals surface area contributed by atoms with Gasteiger partial charge in [-0.05, 0) is 25.1 Å². The van der Waals surface area contributed by atoms with Gasteiger partial charge in [-0.1, -0.05) is 18.2 Å². The summed E-state index contributed by atoms with van der Waals surface area (Å²) in [5.74, 6) is 0. The molecule has 0 unspecified atom stereocenters. The normalized spacial score (nSPS) is 17.9. The standard InChI is InChI=1S/C15H15N3O3/c1-11-7-8-14(19)18(16-11)10-13-9-17(15(20)21-13)12-5-3-2-4-6-12/h2-8,13H,9-10H2,1H3/t13-/m0/s1. The molecule has 2 aromatic rings. The lowest BCUT2D eigenvalue weighted by Gasteiger charge is -2.12. The van der Waals surface area contributed by atoms with Gasteiger partial charge < -0.3 is 4.74 Å². The molecule has 0 radical (unpaired) electrons. The molecule has 1 aliphatic heterocycles. The number of benzene rings is 1. The second-order valence-corrected chi connectivity index (χ2v) is 4.95. The topological polar surface area (TPSA) is 64.4 Å². The Morgan fingerprint density at radius 1 is 1.19 bits per heavy atom. The molecule has 1 aromatic heterocycles. The lowest BCUT2D eigenvalue weighted by molar-refractivity contribution is 0.128. The first-order chi connectivity index (χ1) is 10.1. The molecule has 0 spiro atoms. The maximum absolute atomic E-state index is 11.9. The Hall–Kier alpha value is -2.63. The largest absolute Gasteiger partial charge is 0.442 e. The van der Waals surface area contributed by atoms with Crippen molar-refractivity contribution < 1.29 is 9.53 Å². The van der Waals surface area contributed by atoms with Crippen molar-refractivity contribution in [2.45, 2.75) is 19.6 Å². The van der Waals surface area contributed by atoms with Crippen molar-refractivity contribution in [3.63, 3.8) is 0 Å². The average Bonchev–Trinajstić information content (AvgIpc) is 2.84. The van der Waals surface area contributed by atoms with Gasteiger partial charge in [-0.15, -0.1) is 0 Å². The first-order valence-corrected chi connectivity index (χ1v) is 6.71. The van der Waals surface area contributed by atoms with E-state index in [1.165, 1.54) is 10.7 Å². The fourth-order valence-electron chi connectivity index (χ4n) is 2.31. The lowest BCUT2D eigenvalue weighted by Crippen LogP contribution is -2.31. The molecule has 0 aliphatic carbocycles. The number of hydrogen-bond acceptors (Lipinski definition) is 4. The molecule has 1 aromatic carbocycles. The smallest absolute Gasteiger partial charge is 0.414 e. The summed E-state index contributed by atoms with van der Waals surface area (Å²) < 4.78 is 6.65. The number of rotatable bonds is 3. The van der Waals surface area contributed by atoms with Crippen LogP contribution in [0.1, 0.15) is 5.69 Å². The molecule has 0 saturated carbocycles. The molecular formula is C15H15N3O3. The molecule has 0 bridgehead atoms. The predicted octanol–water partition coefficient (Wildman–Crippen LogP) is 1.58. The van der Waals surface area contributed by atoms with Crippen LogP contribution >= 0.6 is 0 Å². The van der Waals surface area contributed by atoms with Crippen LogP contribution in [0, 0.1) is 6.92 Å². The number of para-hydroxylation sites is 1. The number of carbonyl (C=O) groups excluding carboxylic acids is 1. The van der Waals surface area contributed by atoms with E-state index in [0.29, 0.717) is 6.54 Å². The highest BCUT2D eigenvalue weighted by Crippen LogP contribution is 2.21. The third kappa shape index (κ3) is 2.79. The van der Waals surface area contributed by atoms with Crippen molar-refractivity contribution in [1.29, 1.82) is 0 Å². The van der Waals surface area contributed by atoms with E-state index in [0.717, 1.165) is 11.4 Å². The Bertz CT molecular complexity index is 712. The number of amides is 1. The summed E-state index contributed by atoms with van der Waals surface area (Å²) in [5.41, 5.74) is 1.34. The summed E-state index contributed by atoms with van der Waals surface area (Å²) in [7, 11) is 0. The SMILES string of the molecule is Cc1ccc(=O)n(C[C@@H]2CN(c3ccccc3)C(=O)O2)n1. The zero-order valence-corrected chi connectivity index (χ0v) is 11.6. The highest BCUT2D eigenvalue weighted by molar-refractivity contribution is 5.89. The quantitative estimate of drug-likeness (QED) is 0.859. The van der Waals surface area contributed by atoms with Gasteiger partial charge in [0.2, 0.25) is 0 Å². The first-order valence-electron chi connectivity index (χ1n) is 6.71. The molecule has 1 aliphatic rings. The summed E-state index contributed by atoms with van der Waals surface area (Å²) >= 11 is 0. The number of ether oxygens (including phenoxy) is 1. The van der Waals surface area contributed by atoms with E-state index >= 15 is 0 Å². The van der Waals surface area contributed by atoms with Crippen molar-refractivity contribution in [2.75, 3.05) is 11.4 Å². The van der Waals surface area contributed by atoms with E-state index in [-0.39, 0.29) is 18.2 Å². The number of aryl methyl sites for hydroxylation is 1. The van der Waals surface area contributed by atoms with Gasteiger partial charge in [0.1, 0.15) is 6.10 Å². The van der Waals surface area contributed by atoms with E-state index in [9.17, 15) is 9.59 Å². The Kier molecular flexibility index (Phi) is 3.43. The zero-order chi connectivity index (χ0) is 14.8. The second kappa shape index (κ2) is 5.40.